The van der Waals surface area contributed by atoms with Crippen LogP contribution in [0.2, 0.25) is 0 Å². The van der Waals surface area contributed by atoms with Gasteiger partial charge in [-0.15, -0.1) is 0 Å². The molecule has 4 N–H and O–H groups in total. The van der Waals surface area contributed by atoms with Crippen LogP contribution in [0.3, 0.4) is 0 Å². The molecule has 0 radical (unpaired) electrons. The zero-order valence-corrected chi connectivity index (χ0v) is 30.6. The van der Waals surface area contributed by atoms with E-state index in [2.05, 4.69) is 47.1 Å². The molecule has 3 aliphatic rings. The highest BCUT2D eigenvalue weighted by atomic mass is 79.9. The quantitative estimate of drug-likeness (QED) is 0.263. The summed E-state index contributed by atoms with van der Waals surface area (Å²) < 4.78 is 8.69. The zero-order valence-electron chi connectivity index (χ0n) is 27.4. The van der Waals surface area contributed by atoms with Crippen LogP contribution >= 0.6 is 31.9 Å². The van der Waals surface area contributed by atoms with Crippen LogP contribution in [0.4, 0.5) is 10.5 Å². The Morgan fingerprint density at radius 2 is 1.56 bits per heavy atom. The lowest BCUT2D eigenvalue weighted by molar-refractivity contribution is -0.134. The number of para-hydroxylation sites is 1. The van der Waals surface area contributed by atoms with Gasteiger partial charge in [0.25, 0.3) is 0 Å². The number of amides is 3. The van der Waals surface area contributed by atoms with Gasteiger partial charge in [-0.2, -0.15) is 0 Å². The molecule has 0 saturated carbocycles. The molecule has 48 heavy (non-hydrogen) atoms. The number of aromatic amines is 1. The highest BCUT2D eigenvalue weighted by Crippen LogP contribution is 2.32. The number of hydrogen-bond acceptors (Lipinski definition) is 6. The summed E-state index contributed by atoms with van der Waals surface area (Å²) in [6, 6.07) is 10.9. The van der Waals surface area contributed by atoms with E-state index in [9.17, 15) is 14.4 Å². The SMILES string of the molecule is COc1ccccc1-c1cn(C2CCN(C(=O)N[C@@H](Cc3cc(Br)c(N)c(Br)c3)C(=O)N3CCC(N4CCCCC4)CC3)CC2)c(=O)[nH]1. The first kappa shape index (κ1) is 34.6. The van der Waals surface area contributed by atoms with E-state index >= 15 is 0 Å². The molecule has 0 unspecified atom stereocenters. The van der Waals surface area contributed by atoms with Gasteiger partial charge in [-0.25, -0.2) is 9.59 Å². The van der Waals surface area contributed by atoms with Crippen molar-refractivity contribution in [2.24, 2.45) is 0 Å². The van der Waals surface area contributed by atoms with Gasteiger partial charge in [-0.1, -0.05) is 18.6 Å². The van der Waals surface area contributed by atoms with Crippen molar-refractivity contribution < 1.29 is 14.3 Å². The van der Waals surface area contributed by atoms with E-state index in [0.717, 1.165) is 46.0 Å². The molecule has 258 valence electrons. The van der Waals surface area contributed by atoms with Gasteiger partial charge in [-0.3, -0.25) is 9.36 Å². The molecular formula is C35H45Br2N7O4. The summed E-state index contributed by atoms with van der Waals surface area (Å²) in [6.07, 6.45) is 9.15. The molecule has 2 aromatic carbocycles. The van der Waals surface area contributed by atoms with E-state index in [1.165, 1.54) is 19.3 Å². The maximum atomic E-state index is 14.1. The molecular weight excluding hydrogens is 742 g/mol. The van der Waals surface area contributed by atoms with Crippen molar-refractivity contribution >= 4 is 49.5 Å². The van der Waals surface area contributed by atoms with Gasteiger partial charge in [0.2, 0.25) is 5.91 Å². The number of imidazole rings is 1. The predicted molar refractivity (Wildman–Crippen MR) is 194 cm³/mol. The molecule has 3 amide bonds. The molecule has 3 aromatic rings. The second-order valence-corrected chi connectivity index (χ2v) is 14.8. The maximum Gasteiger partial charge on any atom is 0.326 e. The van der Waals surface area contributed by atoms with Gasteiger partial charge in [0, 0.05) is 65.4 Å². The van der Waals surface area contributed by atoms with Crippen molar-refractivity contribution in [2.75, 3.05) is 52.1 Å². The second-order valence-electron chi connectivity index (χ2n) is 13.1. The number of aromatic nitrogens is 2. The van der Waals surface area contributed by atoms with E-state index < -0.39 is 6.04 Å². The molecule has 4 heterocycles. The molecule has 1 atom stereocenters. The van der Waals surface area contributed by atoms with Crippen molar-refractivity contribution in [1.82, 2.24) is 29.6 Å². The van der Waals surface area contributed by atoms with E-state index in [1.54, 1.807) is 16.6 Å². The van der Waals surface area contributed by atoms with Crippen molar-refractivity contribution in [3.63, 3.8) is 0 Å². The Hall–Kier alpha value is -3.29. The van der Waals surface area contributed by atoms with Crippen LogP contribution in [0.15, 0.2) is 56.3 Å². The van der Waals surface area contributed by atoms with Crippen LogP contribution < -0.4 is 21.5 Å². The first-order valence-corrected chi connectivity index (χ1v) is 18.6. The summed E-state index contributed by atoms with van der Waals surface area (Å²) in [5.74, 6) is 0.633. The minimum atomic E-state index is -0.722. The number of nitrogen functional groups attached to an aromatic ring is 1. The van der Waals surface area contributed by atoms with Crippen molar-refractivity contribution in [3.05, 3.63) is 67.6 Å². The monoisotopic (exact) mass is 785 g/mol. The number of nitrogens with two attached hydrogens (primary N) is 1. The van der Waals surface area contributed by atoms with Crippen LogP contribution in [0.25, 0.3) is 11.3 Å². The fourth-order valence-electron chi connectivity index (χ4n) is 7.42. The van der Waals surface area contributed by atoms with Gasteiger partial charge >= 0.3 is 11.7 Å². The molecule has 0 spiro atoms. The Balaban J connectivity index is 1.11. The standard InChI is InChI=1S/C35H45Br2N7O4/c1-48-31-8-4-3-7-26(31)30-22-44(35(47)40-30)25-11-17-43(18-12-25)34(46)39-29(21-23-19-27(36)32(38)28(37)20-23)33(45)42-15-9-24(10-16-42)41-13-5-2-6-14-41/h3-4,7-8,19-20,22,24-25,29H,2,5-6,9-18,21,38H2,1H3,(H,39,46)(H,40,47)/t29-/m0/s1. The highest BCUT2D eigenvalue weighted by molar-refractivity contribution is 9.11. The van der Waals surface area contributed by atoms with Crippen LogP contribution in [-0.2, 0) is 11.2 Å². The third-order valence-electron chi connectivity index (χ3n) is 10.1. The number of H-pyrrole nitrogens is 1. The molecule has 0 aliphatic carbocycles. The summed E-state index contributed by atoms with van der Waals surface area (Å²) >= 11 is 7.05. The maximum absolute atomic E-state index is 14.1. The topological polar surface area (TPSA) is 129 Å². The highest BCUT2D eigenvalue weighted by Gasteiger charge is 2.34. The number of benzene rings is 2. The molecule has 3 fully saturated rings. The number of nitrogens with zero attached hydrogens (tertiary/aromatic N) is 4. The number of piperidine rings is 3. The lowest BCUT2D eigenvalue weighted by Crippen LogP contribution is -2.56. The number of halogens is 2. The van der Waals surface area contributed by atoms with Gasteiger partial charge in [0.15, 0.2) is 0 Å². The Kier molecular flexibility index (Phi) is 11.2. The van der Waals surface area contributed by atoms with E-state index in [0.29, 0.717) is 68.6 Å². The third kappa shape index (κ3) is 7.78. The number of likely N-dealkylation sites (tertiary alicyclic amines) is 3. The summed E-state index contributed by atoms with van der Waals surface area (Å²) in [4.78, 5) is 50.0. The normalized spacial score (nSPS) is 18.9. The lowest BCUT2D eigenvalue weighted by atomic mass is 9.98. The number of hydrogen-bond donors (Lipinski definition) is 3. The van der Waals surface area contributed by atoms with Crippen molar-refractivity contribution in [2.45, 2.75) is 69.5 Å². The van der Waals surface area contributed by atoms with Gasteiger partial charge in [0.05, 0.1) is 18.5 Å². The zero-order chi connectivity index (χ0) is 33.8. The molecule has 3 aliphatic heterocycles. The number of urea groups is 1. The van der Waals surface area contributed by atoms with Gasteiger partial charge in [0.1, 0.15) is 11.8 Å². The molecule has 1 aromatic heterocycles. The Bertz CT molecular complexity index is 1630. The average molecular weight is 788 g/mol. The molecule has 0 bridgehead atoms. The molecule has 11 nitrogen and oxygen atoms in total. The smallest absolute Gasteiger partial charge is 0.326 e. The largest absolute Gasteiger partial charge is 0.496 e. The summed E-state index contributed by atoms with van der Waals surface area (Å²) in [7, 11) is 1.61. The second kappa shape index (κ2) is 15.5. The number of anilines is 1. The average Bonchev–Trinajstić information content (AvgIpc) is 3.51. The Labute approximate surface area is 298 Å². The minimum Gasteiger partial charge on any atom is -0.496 e. The van der Waals surface area contributed by atoms with Gasteiger partial charge < -0.3 is 35.5 Å². The third-order valence-corrected chi connectivity index (χ3v) is 11.5. The summed E-state index contributed by atoms with van der Waals surface area (Å²) in [6.45, 7) is 4.62. The van der Waals surface area contributed by atoms with E-state index in [-0.39, 0.29) is 23.7 Å². The summed E-state index contributed by atoms with van der Waals surface area (Å²) in [5.41, 5.74) is 8.94. The van der Waals surface area contributed by atoms with Crippen LogP contribution in [0.5, 0.6) is 5.75 Å². The van der Waals surface area contributed by atoms with Crippen molar-refractivity contribution in [3.8, 4) is 17.0 Å². The number of rotatable bonds is 8. The Morgan fingerprint density at radius 3 is 2.23 bits per heavy atom. The lowest BCUT2D eigenvalue weighted by Gasteiger charge is -2.41. The first-order chi connectivity index (χ1) is 23.2. The van der Waals surface area contributed by atoms with Crippen LogP contribution in [0, 0.1) is 0 Å². The number of carbonyl (C=O) groups is 2. The number of nitrogens with one attached hydrogen (secondary N) is 2. The van der Waals surface area contributed by atoms with Crippen molar-refractivity contribution in [1.29, 1.82) is 0 Å². The first-order valence-electron chi connectivity index (χ1n) is 17.0. The number of carbonyl (C=O) groups excluding carboxylic acids is 2. The van der Waals surface area contributed by atoms with Gasteiger partial charge in [-0.05, 0) is 113 Å². The van der Waals surface area contributed by atoms with E-state index in [4.69, 9.17) is 10.5 Å². The Morgan fingerprint density at radius 1 is 0.938 bits per heavy atom. The van der Waals surface area contributed by atoms with Crippen LogP contribution in [-0.4, -0.2) is 94.7 Å². The summed E-state index contributed by atoms with van der Waals surface area (Å²) in [5, 5.41) is 3.10. The number of methoxy groups -OCH3 is 1. The molecule has 3 saturated heterocycles. The fraction of sp³-hybridized carbons (Fsp3) is 0.514. The predicted octanol–water partition coefficient (Wildman–Crippen LogP) is 5.39. The minimum absolute atomic E-state index is 0.0515. The molecule has 13 heteroatoms. The fourth-order valence-corrected chi connectivity index (χ4v) is 8.70. The number of ether oxygens (including phenoxy) is 1. The van der Waals surface area contributed by atoms with E-state index in [1.807, 2.05) is 47.5 Å². The molecule has 6 rings (SSSR count). The van der Waals surface area contributed by atoms with Crippen LogP contribution in [0.1, 0.15) is 56.6 Å².